The number of benzene rings is 2. The molecule has 2 aromatic carbocycles. The minimum absolute atomic E-state index is 0.909. The molecule has 0 fully saturated rings. The molecule has 5 nitrogen and oxygen atoms in total. The number of rotatable bonds is 3. The Balaban J connectivity index is 0.000000178. The Labute approximate surface area is 205 Å². The van der Waals surface area contributed by atoms with Crippen molar-refractivity contribution >= 4 is 18.1 Å². The van der Waals surface area contributed by atoms with Crippen molar-refractivity contribution in [2.24, 2.45) is 4.99 Å². The van der Waals surface area contributed by atoms with Crippen molar-refractivity contribution in [3.05, 3.63) is 75.9 Å². The van der Waals surface area contributed by atoms with Crippen molar-refractivity contribution in [3.8, 4) is 11.3 Å². The monoisotopic (exact) mass is 457 g/mol. The van der Waals surface area contributed by atoms with Crippen LogP contribution in [0.5, 0.6) is 0 Å². The Morgan fingerprint density at radius 2 is 1.71 bits per heavy atom. The molecule has 2 N–H and O–H groups in total. The van der Waals surface area contributed by atoms with Gasteiger partial charge in [0.05, 0.1) is 29.3 Å². The highest BCUT2D eigenvalue weighted by Gasteiger charge is 2.22. The van der Waals surface area contributed by atoms with E-state index in [1.165, 1.54) is 44.9 Å². The third-order valence-corrected chi connectivity index (χ3v) is 6.11. The number of aromatic amines is 1. The van der Waals surface area contributed by atoms with Crippen LogP contribution in [-0.2, 0) is 13.0 Å². The van der Waals surface area contributed by atoms with Crippen LogP contribution >= 0.6 is 0 Å². The van der Waals surface area contributed by atoms with Gasteiger partial charge in [-0.05, 0) is 64.4 Å². The van der Waals surface area contributed by atoms with Crippen LogP contribution in [0.3, 0.4) is 0 Å². The number of hydrogen-bond acceptors (Lipinski definition) is 4. The molecule has 0 bridgehead atoms. The van der Waals surface area contributed by atoms with Gasteiger partial charge in [-0.1, -0.05) is 49.7 Å². The third kappa shape index (κ3) is 5.24. The van der Waals surface area contributed by atoms with Gasteiger partial charge >= 0.3 is 0 Å². The molecule has 34 heavy (non-hydrogen) atoms. The van der Waals surface area contributed by atoms with Crippen molar-refractivity contribution in [3.63, 3.8) is 0 Å². The second-order valence-electron chi connectivity index (χ2n) is 8.70. The van der Waals surface area contributed by atoms with Gasteiger partial charge in [-0.2, -0.15) is 0 Å². The first-order valence-corrected chi connectivity index (χ1v) is 12.3. The summed E-state index contributed by atoms with van der Waals surface area (Å²) in [4.78, 5) is 14.3. The molecule has 2 aliphatic rings. The number of imidazole rings is 1. The minimum atomic E-state index is 0.909. The highest BCUT2D eigenvalue weighted by Crippen LogP contribution is 2.37. The fourth-order valence-corrected chi connectivity index (χ4v) is 4.60. The Bertz CT molecular complexity index is 1190. The van der Waals surface area contributed by atoms with Gasteiger partial charge in [0, 0.05) is 30.4 Å². The van der Waals surface area contributed by atoms with Crippen molar-refractivity contribution in [1.29, 1.82) is 0 Å². The lowest BCUT2D eigenvalue weighted by Gasteiger charge is -2.27. The van der Waals surface area contributed by atoms with Gasteiger partial charge in [-0.15, -0.1) is 0 Å². The first kappa shape index (κ1) is 25.3. The summed E-state index contributed by atoms with van der Waals surface area (Å²) in [6.45, 7) is 17.9. The number of allylic oxidation sites excluding steroid dienone is 1. The molecule has 0 atom stereocenters. The maximum atomic E-state index is 4.57. The predicted octanol–water partition coefficient (Wildman–Crippen LogP) is 6.59. The highest BCUT2D eigenvalue weighted by atomic mass is 15.1. The Kier molecular flexibility index (Phi) is 8.32. The fraction of sp³-hybridized carbons (Fsp3) is 0.379. The summed E-state index contributed by atoms with van der Waals surface area (Å²) < 4.78 is 0. The average molecular weight is 458 g/mol. The Hall–Kier alpha value is -3.34. The van der Waals surface area contributed by atoms with E-state index in [9.17, 15) is 0 Å². The van der Waals surface area contributed by atoms with Gasteiger partial charge in [0.25, 0.3) is 0 Å². The van der Waals surface area contributed by atoms with Gasteiger partial charge in [-0.3, -0.25) is 4.99 Å². The lowest BCUT2D eigenvalue weighted by molar-refractivity contribution is 0.848. The van der Waals surface area contributed by atoms with Gasteiger partial charge < -0.3 is 15.2 Å². The van der Waals surface area contributed by atoms with Crippen LogP contribution in [0.1, 0.15) is 61.0 Å². The predicted molar refractivity (Wildman–Crippen MR) is 147 cm³/mol. The van der Waals surface area contributed by atoms with Crippen LogP contribution in [0, 0.1) is 20.8 Å². The van der Waals surface area contributed by atoms with Crippen LogP contribution < -0.4 is 10.2 Å². The molecule has 0 spiro atoms. The largest absolute Gasteiger partial charge is 0.383 e. The summed E-state index contributed by atoms with van der Waals surface area (Å²) in [5.41, 5.74) is 12.4. The lowest BCUT2D eigenvalue weighted by Crippen LogP contribution is -2.21. The molecule has 5 heteroatoms. The number of nitrogens with one attached hydrogen (secondary N) is 2. The number of aliphatic imine (C=N–C) groups is 1. The quantitative estimate of drug-likeness (QED) is 0.436. The molecule has 180 valence electrons. The second kappa shape index (κ2) is 11.2. The zero-order chi connectivity index (χ0) is 24.8. The van der Waals surface area contributed by atoms with E-state index in [-0.39, 0.29) is 0 Å². The third-order valence-electron chi connectivity index (χ3n) is 6.11. The molecule has 3 aromatic rings. The number of hydrogen-bond donors (Lipinski definition) is 2. The van der Waals surface area contributed by atoms with Crippen molar-refractivity contribution in [2.75, 3.05) is 18.5 Å². The maximum absolute atomic E-state index is 4.57. The lowest BCUT2D eigenvalue weighted by atomic mass is 9.91. The van der Waals surface area contributed by atoms with Gasteiger partial charge in [0.2, 0.25) is 0 Å². The SMILES string of the molecule is C=NC1=C(NCC)c2ccc(C)cc2CC1.CC.Cc1ccc2c(c1)N(C)Cc1[nH]c(C)nc1-2. The van der Waals surface area contributed by atoms with E-state index in [1.807, 2.05) is 20.8 Å². The number of aryl methyl sites for hydroxylation is 4. The number of fused-ring (bicyclic) bond motifs is 4. The molecule has 1 aliphatic heterocycles. The molecule has 0 radical (unpaired) electrons. The van der Waals surface area contributed by atoms with Gasteiger partial charge in [0.15, 0.2) is 0 Å². The summed E-state index contributed by atoms with van der Waals surface area (Å²) in [6.07, 6.45) is 2.06. The van der Waals surface area contributed by atoms with E-state index in [0.717, 1.165) is 43.1 Å². The summed E-state index contributed by atoms with van der Waals surface area (Å²) in [5.74, 6) is 0.992. The molecule has 5 rings (SSSR count). The highest BCUT2D eigenvalue weighted by molar-refractivity contribution is 5.81. The maximum Gasteiger partial charge on any atom is 0.103 e. The number of nitrogens with zero attached hydrogens (tertiary/aromatic N) is 3. The molecule has 0 saturated heterocycles. The van der Waals surface area contributed by atoms with Crippen LogP contribution in [0.4, 0.5) is 5.69 Å². The smallest absolute Gasteiger partial charge is 0.103 e. The molecular weight excluding hydrogens is 418 g/mol. The van der Waals surface area contributed by atoms with Crippen molar-refractivity contribution in [2.45, 2.75) is 60.9 Å². The summed E-state index contributed by atoms with van der Waals surface area (Å²) in [6, 6.07) is 13.1. The summed E-state index contributed by atoms with van der Waals surface area (Å²) in [5, 5.41) is 3.41. The molecule has 0 unspecified atom stereocenters. The summed E-state index contributed by atoms with van der Waals surface area (Å²) >= 11 is 0. The van der Waals surface area contributed by atoms with E-state index >= 15 is 0 Å². The zero-order valence-electron chi connectivity index (χ0n) is 21.8. The molecule has 0 saturated carbocycles. The minimum Gasteiger partial charge on any atom is -0.383 e. The number of aromatic nitrogens is 2. The fourth-order valence-electron chi connectivity index (χ4n) is 4.60. The first-order valence-electron chi connectivity index (χ1n) is 12.3. The average Bonchev–Trinajstić information content (AvgIpc) is 3.21. The molecular formula is C29H39N5. The standard InChI is InChI=1S/C14H18N2.C13H15N3.C2H6/c1-4-16-14-12-7-5-10(2)9-11(12)6-8-13(14)15-3;1-8-4-5-10-12(6-8)16(3)7-11-13(10)15-9(2)14-11;1-2/h5,7,9,16H,3-4,6,8H2,1-2H3;4-6H,7H2,1-3H3,(H,14,15);1-2H3. The topological polar surface area (TPSA) is 56.3 Å². The molecule has 2 heterocycles. The summed E-state index contributed by atoms with van der Waals surface area (Å²) in [7, 11) is 2.12. The number of anilines is 1. The van der Waals surface area contributed by atoms with Crippen LogP contribution in [0.15, 0.2) is 47.1 Å². The molecule has 1 aromatic heterocycles. The number of H-pyrrole nitrogens is 1. The van der Waals surface area contributed by atoms with Gasteiger partial charge in [0.1, 0.15) is 5.82 Å². The van der Waals surface area contributed by atoms with E-state index < -0.39 is 0 Å². The first-order chi connectivity index (χ1) is 16.4. The van der Waals surface area contributed by atoms with Crippen LogP contribution in [-0.4, -0.2) is 30.3 Å². The van der Waals surface area contributed by atoms with E-state index in [1.54, 1.807) is 0 Å². The van der Waals surface area contributed by atoms with E-state index in [0.29, 0.717) is 0 Å². The molecule has 0 amide bonds. The Morgan fingerprint density at radius 3 is 2.38 bits per heavy atom. The second-order valence-corrected chi connectivity index (χ2v) is 8.70. The van der Waals surface area contributed by atoms with Crippen molar-refractivity contribution < 1.29 is 0 Å². The van der Waals surface area contributed by atoms with Crippen LogP contribution in [0.25, 0.3) is 17.0 Å². The van der Waals surface area contributed by atoms with E-state index in [2.05, 4.69) is 96.1 Å². The van der Waals surface area contributed by atoms with Crippen LogP contribution in [0.2, 0.25) is 0 Å². The molecule has 1 aliphatic carbocycles. The van der Waals surface area contributed by atoms with Gasteiger partial charge in [-0.25, -0.2) is 4.98 Å². The zero-order valence-corrected chi connectivity index (χ0v) is 21.8. The normalized spacial score (nSPS) is 13.4. The van der Waals surface area contributed by atoms with Crippen molar-refractivity contribution in [1.82, 2.24) is 15.3 Å². The van der Waals surface area contributed by atoms with E-state index in [4.69, 9.17) is 0 Å². The Morgan fingerprint density at radius 1 is 1.03 bits per heavy atom.